The van der Waals surface area contributed by atoms with Crippen LogP contribution in [0.25, 0.3) is 0 Å². The Morgan fingerprint density at radius 3 is 2.10 bits per heavy atom. The van der Waals surface area contributed by atoms with Gasteiger partial charge in [0.1, 0.15) is 6.04 Å². The molecule has 3 nitrogen and oxygen atoms in total. The van der Waals surface area contributed by atoms with Crippen molar-refractivity contribution in [3.05, 3.63) is 4.91 Å². The van der Waals surface area contributed by atoms with Crippen LogP contribution in [0.1, 0.15) is 27.2 Å². The number of nitroso groups, excluding NO2 is 1. The molecule has 0 aliphatic rings. The highest BCUT2D eigenvalue weighted by atomic mass is 16.3. The molecule has 0 aliphatic carbocycles. The minimum absolute atomic E-state index is 0.0707. The predicted octanol–water partition coefficient (Wildman–Crippen LogP) is 1.55. The Balaban J connectivity index is 3.74. The summed E-state index contributed by atoms with van der Waals surface area (Å²) in [6.07, 6.45) is 0.646. The lowest BCUT2D eigenvalue weighted by Gasteiger charge is -2.19. The zero-order valence-corrected chi connectivity index (χ0v) is 6.79. The molecule has 0 rings (SSSR count). The van der Waals surface area contributed by atoms with Gasteiger partial charge in [-0.2, -0.15) is 4.91 Å². The SMILES string of the molecule is CC(C)(C)C[C@H](CO)N=O. The van der Waals surface area contributed by atoms with Crippen LogP contribution in [0.2, 0.25) is 0 Å². The number of aliphatic hydroxyl groups excluding tert-OH is 1. The third-order valence-electron chi connectivity index (χ3n) is 1.21. The van der Waals surface area contributed by atoms with Crippen molar-refractivity contribution in [3.63, 3.8) is 0 Å². The van der Waals surface area contributed by atoms with Crippen LogP contribution in [0.3, 0.4) is 0 Å². The summed E-state index contributed by atoms with van der Waals surface area (Å²) in [5, 5.41) is 11.4. The maximum absolute atomic E-state index is 10.0. The van der Waals surface area contributed by atoms with Crippen LogP contribution in [-0.2, 0) is 0 Å². The number of rotatable bonds is 3. The van der Waals surface area contributed by atoms with Gasteiger partial charge in [-0.05, 0) is 11.8 Å². The Kier molecular flexibility index (Phi) is 3.50. The molecule has 60 valence electrons. The van der Waals surface area contributed by atoms with E-state index in [1.54, 1.807) is 0 Å². The second-order valence-electron chi connectivity index (χ2n) is 3.71. The average molecular weight is 145 g/mol. The van der Waals surface area contributed by atoms with Crippen molar-refractivity contribution < 1.29 is 5.11 Å². The van der Waals surface area contributed by atoms with Crippen LogP contribution in [0.5, 0.6) is 0 Å². The lowest BCUT2D eigenvalue weighted by Crippen LogP contribution is -2.18. The van der Waals surface area contributed by atoms with E-state index >= 15 is 0 Å². The zero-order chi connectivity index (χ0) is 8.20. The molecule has 0 aromatic rings. The highest BCUT2D eigenvalue weighted by Gasteiger charge is 2.17. The van der Waals surface area contributed by atoms with Gasteiger partial charge in [0.15, 0.2) is 0 Å². The molecular weight excluding hydrogens is 130 g/mol. The first kappa shape index (κ1) is 9.56. The van der Waals surface area contributed by atoms with E-state index in [0.717, 1.165) is 0 Å². The van der Waals surface area contributed by atoms with Crippen LogP contribution in [0.4, 0.5) is 0 Å². The molecule has 3 heteroatoms. The molecule has 0 aromatic heterocycles. The Morgan fingerprint density at radius 1 is 1.50 bits per heavy atom. The van der Waals surface area contributed by atoms with Gasteiger partial charge in [-0.25, -0.2) is 0 Å². The third-order valence-corrected chi connectivity index (χ3v) is 1.21. The van der Waals surface area contributed by atoms with Gasteiger partial charge >= 0.3 is 0 Å². The van der Waals surface area contributed by atoms with Gasteiger partial charge in [-0.15, -0.1) is 0 Å². The molecule has 0 aromatic carbocycles. The Bertz CT molecular complexity index is 107. The quantitative estimate of drug-likeness (QED) is 0.612. The molecule has 0 saturated heterocycles. The third kappa shape index (κ3) is 4.44. The molecular formula is C7H15NO2. The molecule has 0 heterocycles. The van der Waals surface area contributed by atoms with Gasteiger partial charge in [0, 0.05) is 0 Å². The van der Waals surface area contributed by atoms with E-state index in [0.29, 0.717) is 6.42 Å². The highest BCUT2D eigenvalue weighted by Crippen LogP contribution is 2.21. The molecule has 1 atom stereocenters. The van der Waals surface area contributed by atoms with Gasteiger partial charge in [0.25, 0.3) is 0 Å². The molecule has 0 spiro atoms. The zero-order valence-electron chi connectivity index (χ0n) is 6.79. The fourth-order valence-corrected chi connectivity index (χ4v) is 0.842. The molecule has 0 unspecified atom stereocenters. The molecule has 0 radical (unpaired) electrons. The minimum atomic E-state index is -0.431. The molecule has 0 saturated carbocycles. The number of nitrogens with zero attached hydrogens (tertiary/aromatic N) is 1. The van der Waals surface area contributed by atoms with Crippen molar-refractivity contribution in [2.24, 2.45) is 10.6 Å². The Labute approximate surface area is 61.4 Å². The maximum atomic E-state index is 10.0. The van der Waals surface area contributed by atoms with Crippen molar-refractivity contribution in [1.29, 1.82) is 0 Å². The Hall–Kier alpha value is -0.440. The summed E-state index contributed by atoms with van der Waals surface area (Å²) in [5.74, 6) is 0. The fraction of sp³-hybridized carbons (Fsp3) is 1.00. The predicted molar refractivity (Wildman–Crippen MR) is 40.7 cm³/mol. The first-order valence-electron chi connectivity index (χ1n) is 3.43. The first-order chi connectivity index (χ1) is 4.49. The van der Waals surface area contributed by atoms with Gasteiger partial charge < -0.3 is 5.11 Å². The van der Waals surface area contributed by atoms with Crippen LogP contribution < -0.4 is 0 Å². The molecule has 0 bridgehead atoms. The van der Waals surface area contributed by atoms with Gasteiger partial charge in [0.05, 0.1) is 6.61 Å². The van der Waals surface area contributed by atoms with Crippen LogP contribution >= 0.6 is 0 Å². The van der Waals surface area contributed by atoms with Crippen LogP contribution in [0, 0.1) is 10.3 Å². The van der Waals surface area contributed by atoms with Crippen molar-refractivity contribution in [3.8, 4) is 0 Å². The van der Waals surface area contributed by atoms with Crippen molar-refractivity contribution in [2.75, 3.05) is 6.61 Å². The number of aliphatic hydroxyl groups is 1. The monoisotopic (exact) mass is 145 g/mol. The lowest BCUT2D eigenvalue weighted by atomic mass is 9.89. The molecule has 0 aliphatic heterocycles. The van der Waals surface area contributed by atoms with E-state index < -0.39 is 6.04 Å². The molecule has 0 fully saturated rings. The van der Waals surface area contributed by atoms with Gasteiger partial charge in [-0.1, -0.05) is 25.9 Å². The van der Waals surface area contributed by atoms with Crippen molar-refractivity contribution >= 4 is 0 Å². The van der Waals surface area contributed by atoms with Crippen LogP contribution in [-0.4, -0.2) is 17.8 Å². The van der Waals surface area contributed by atoms with E-state index in [1.807, 2.05) is 20.8 Å². The molecule has 1 N–H and O–H groups in total. The van der Waals surface area contributed by atoms with E-state index in [-0.39, 0.29) is 12.0 Å². The lowest BCUT2D eigenvalue weighted by molar-refractivity contribution is 0.224. The maximum Gasteiger partial charge on any atom is 0.115 e. The Morgan fingerprint density at radius 2 is 2.00 bits per heavy atom. The second kappa shape index (κ2) is 3.66. The highest BCUT2D eigenvalue weighted by molar-refractivity contribution is 4.72. The standard InChI is InChI=1S/C7H15NO2/c1-7(2,3)4-6(5-9)8-10/h6,9H,4-5H2,1-3H3/t6-/m1/s1. The normalized spacial score (nSPS) is 14.8. The van der Waals surface area contributed by atoms with Gasteiger partial charge in [0.2, 0.25) is 0 Å². The van der Waals surface area contributed by atoms with Crippen molar-refractivity contribution in [2.45, 2.75) is 33.2 Å². The number of hydrogen-bond acceptors (Lipinski definition) is 3. The van der Waals surface area contributed by atoms with E-state index in [4.69, 9.17) is 5.11 Å². The summed E-state index contributed by atoms with van der Waals surface area (Å²) in [6.45, 7) is 5.91. The number of hydrogen-bond donors (Lipinski definition) is 1. The molecule has 0 amide bonds. The summed E-state index contributed by atoms with van der Waals surface area (Å²) in [6, 6.07) is -0.431. The summed E-state index contributed by atoms with van der Waals surface area (Å²) >= 11 is 0. The van der Waals surface area contributed by atoms with Crippen molar-refractivity contribution in [1.82, 2.24) is 0 Å². The summed E-state index contributed by atoms with van der Waals surface area (Å²) < 4.78 is 0. The summed E-state index contributed by atoms with van der Waals surface area (Å²) in [5.41, 5.74) is 0.0707. The van der Waals surface area contributed by atoms with E-state index in [2.05, 4.69) is 5.18 Å². The topological polar surface area (TPSA) is 49.7 Å². The minimum Gasteiger partial charge on any atom is -0.394 e. The largest absolute Gasteiger partial charge is 0.394 e. The summed E-state index contributed by atoms with van der Waals surface area (Å²) in [4.78, 5) is 10.0. The van der Waals surface area contributed by atoms with E-state index in [9.17, 15) is 4.91 Å². The van der Waals surface area contributed by atoms with Gasteiger partial charge in [-0.3, -0.25) is 0 Å². The second-order valence-corrected chi connectivity index (χ2v) is 3.71. The summed E-state index contributed by atoms with van der Waals surface area (Å²) in [7, 11) is 0. The molecule has 10 heavy (non-hydrogen) atoms. The fourth-order valence-electron chi connectivity index (χ4n) is 0.842. The van der Waals surface area contributed by atoms with E-state index in [1.165, 1.54) is 0 Å². The average Bonchev–Trinajstić information content (AvgIpc) is 1.81. The first-order valence-corrected chi connectivity index (χ1v) is 3.43. The van der Waals surface area contributed by atoms with Crippen LogP contribution in [0.15, 0.2) is 5.18 Å². The smallest absolute Gasteiger partial charge is 0.115 e.